The summed E-state index contributed by atoms with van der Waals surface area (Å²) >= 11 is 0. The van der Waals surface area contributed by atoms with Gasteiger partial charge in [-0.05, 0) is 6.92 Å². The highest BCUT2D eigenvalue weighted by atomic mass is 127. The zero-order valence-corrected chi connectivity index (χ0v) is 17.0. The Morgan fingerprint density at radius 1 is 1.06 bits per heavy atom. The van der Waals surface area contributed by atoms with Crippen molar-refractivity contribution in [2.45, 2.75) is 19.4 Å². The molecule has 6 heteroatoms. The van der Waals surface area contributed by atoms with E-state index in [-0.39, 0.29) is 60.0 Å². The lowest BCUT2D eigenvalue weighted by Gasteiger charge is -2.31. The molecule has 0 bridgehead atoms. The lowest BCUT2D eigenvalue weighted by molar-refractivity contribution is -0.893. The summed E-state index contributed by atoms with van der Waals surface area (Å²) < 4.78 is 6.82. The van der Waals surface area contributed by atoms with Crippen molar-refractivity contribution in [1.29, 1.82) is 0 Å². The van der Waals surface area contributed by atoms with Gasteiger partial charge in [0.1, 0.15) is 13.2 Å². The number of carbonyl (C=O) groups is 1. The van der Waals surface area contributed by atoms with E-state index in [0.717, 1.165) is 15.5 Å². The number of halogens is 2. The fourth-order valence-electron chi connectivity index (χ4n) is 1.01. The van der Waals surface area contributed by atoms with Gasteiger partial charge in [-0.1, -0.05) is 0 Å². The average Bonchev–Trinajstić information content (AvgIpc) is 1.99. The maximum atomic E-state index is 11.5. The summed E-state index contributed by atoms with van der Waals surface area (Å²) in [5, 5.41) is 0. The molecule has 0 aliphatic carbocycles. The molecule has 0 N–H and O–H groups in total. The molecule has 0 amide bonds. The Morgan fingerprint density at radius 2 is 1.50 bits per heavy atom. The van der Waals surface area contributed by atoms with Crippen molar-refractivity contribution in [3.63, 3.8) is 0 Å². The Bertz CT molecular complexity index is 235. The van der Waals surface area contributed by atoms with Crippen molar-refractivity contribution in [2.75, 3.05) is 55.4 Å². The molecular formula is C12H28I2N2O2. The van der Waals surface area contributed by atoms with E-state index in [2.05, 4.69) is 49.2 Å². The van der Waals surface area contributed by atoms with Crippen molar-refractivity contribution in [1.82, 2.24) is 0 Å². The second kappa shape index (κ2) is 9.71. The zero-order valence-electron chi connectivity index (χ0n) is 12.7. The summed E-state index contributed by atoms with van der Waals surface area (Å²) in [6.07, 6.45) is 0.487. The number of ether oxygens (including phenoxy) is 1. The van der Waals surface area contributed by atoms with E-state index in [1.165, 1.54) is 0 Å². The summed E-state index contributed by atoms with van der Waals surface area (Å²) in [5.74, 6) is -0.0889. The van der Waals surface area contributed by atoms with Gasteiger partial charge >= 0.3 is 5.97 Å². The molecule has 0 aromatic carbocycles. The van der Waals surface area contributed by atoms with E-state index in [1.54, 1.807) is 0 Å². The van der Waals surface area contributed by atoms with E-state index >= 15 is 0 Å². The van der Waals surface area contributed by atoms with Crippen LogP contribution in [0.25, 0.3) is 0 Å². The Labute approximate surface area is 146 Å². The minimum atomic E-state index is -0.0889. The van der Waals surface area contributed by atoms with Gasteiger partial charge in [0.25, 0.3) is 0 Å². The first kappa shape index (κ1) is 23.9. The number of nitrogens with zero attached hydrogens (tertiary/aromatic N) is 2. The number of quaternary nitrogens is 2. The van der Waals surface area contributed by atoms with E-state index < -0.39 is 0 Å². The Kier molecular flexibility index (Phi) is 12.9. The van der Waals surface area contributed by atoms with Crippen LogP contribution in [0.4, 0.5) is 0 Å². The average molecular weight is 486 g/mol. The van der Waals surface area contributed by atoms with Crippen molar-refractivity contribution < 1.29 is 66.5 Å². The molecule has 0 saturated heterocycles. The minimum absolute atomic E-state index is 0. The van der Waals surface area contributed by atoms with Gasteiger partial charge in [0.2, 0.25) is 0 Å². The highest BCUT2D eigenvalue weighted by molar-refractivity contribution is 5.69. The first-order chi connectivity index (χ1) is 7.02. The van der Waals surface area contributed by atoms with E-state index in [9.17, 15) is 4.79 Å². The number of esters is 1. The number of hydrogen-bond acceptors (Lipinski definition) is 2. The van der Waals surface area contributed by atoms with Gasteiger partial charge in [-0.3, -0.25) is 4.79 Å². The fraction of sp³-hybridized carbons (Fsp3) is 0.917. The monoisotopic (exact) mass is 486 g/mol. The van der Waals surface area contributed by atoms with Crippen LogP contribution in [0, 0.1) is 0 Å². The predicted octanol–water partition coefficient (Wildman–Crippen LogP) is -5.27. The number of likely N-dealkylation sites (N-methyl/N-ethyl adjacent to an activating group) is 1. The highest BCUT2D eigenvalue weighted by Crippen LogP contribution is 2.07. The van der Waals surface area contributed by atoms with Crippen molar-refractivity contribution >= 4 is 5.97 Å². The summed E-state index contributed by atoms with van der Waals surface area (Å²) in [7, 11) is 12.5. The van der Waals surface area contributed by atoms with Gasteiger partial charge in [-0.2, -0.15) is 0 Å². The molecule has 0 saturated carbocycles. The smallest absolute Gasteiger partial charge is 0.312 e. The molecule has 4 nitrogen and oxygen atoms in total. The second-order valence-electron chi connectivity index (χ2n) is 6.40. The molecule has 0 spiro atoms. The molecule has 0 heterocycles. The maximum Gasteiger partial charge on any atom is 0.312 e. The van der Waals surface area contributed by atoms with Crippen LogP contribution in [0.1, 0.15) is 13.3 Å². The van der Waals surface area contributed by atoms with Crippen LogP contribution in [0.5, 0.6) is 0 Å². The van der Waals surface area contributed by atoms with Crippen LogP contribution in [0.15, 0.2) is 0 Å². The largest absolute Gasteiger partial charge is 1.00 e. The van der Waals surface area contributed by atoms with E-state index in [4.69, 9.17) is 4.74 Å². The zero-order chi connectivity index (χ0) is 13.0. The summed E-state index contributed by atoms with van der Waals surface area (Å²) in [5.41, 5.74) is 0. The van der Waals surface area contributed by atoms with Gasteiger partial charge in [-0.15, -0.1) is 0 Å². The number of hydrogen-bond donors (Lipinski definition) is 0. The molecule has 0 aliphatic rings. The molecule has 0 rings (SSSR count). The van der Waals surface area contributed by atoms with Crippen molar-refractivity contribution in [3.8, 4) is 0 Å². The van der Waals surface area contributed by atoms with Gasteiger partial charge in [-0.25, -0.2) is 0 Å². The van der Waals surface area contributed by atoms with Gasteiger partial charge in [0.05, 0.1) is 54.7 Å². The molecule has 1 atom stereocenters. The number of rotatable bonds is 6. The van der Waals surface area contributed by atoms with Crippen LogP contribution in [0.3, 0.4) is 0 Å². The lowest BCUT2D eigenvalue weighted by Crippen LogP contribution is -3.00. The third-order valence-electron chi connectivity index (χ3n) is 2.81. The Morgan fingerprint density at radius 3 is 1.83 bits per heavy atom. The molecule has 0 aromatic rings. The lowest BCUT2D eigenvalue weighted by atomic mass is 10.2. The van der Waals surface area contributed by atoms with E-state index in [0.29, 0.717) is 13.0 Å². The maximum absolute atomic E-state index is 11.5. The molecule has 0 radical (unpaired) electrons. The summed E-state index contributed by atoms with van der Waals surface area (Å²) in [4.78, 5) is 11.5. The van der Waals surface area contributed by atoms with Gasteiger partial charge in [0, 0.05) is 0 Å². The van der Waals surface area contributed by atoms with Crippen LogP contribution in [-0.4, -0.2) is 76.4 Å². The third kappa shape index (κ3) is 13.3. The molecule has 0 fully saturated rings. The summed E-state index contributed by atoms with van der Waals surface area (Å²) in [6.45, 7) is 3.43. The first-order valence-electron chi connectivity index (χ1n) is 5.79. The van der Waals surface area contributed by atoms with Crippen LogP contribution < -0.4 is 48.0 Å². The fourth-order valence-corrected chi connectivity index (χ4v) is 1.01. The second-order valence-corrected chi connectivity index (χ2v) is 6.40. The van der Waals surface area contributed by atoms with Crippen molar-refractivity contribution in [3.05, 3.63) is 0 Å². The molecule has 0 aromatic heterocycles. The van der Waals surface area contributed by atoms with Crippen LogP contribution in [0.2, 0.25) is 0 Å². The predicted molar refractivity (Wildman–Crippen MR) is 66.0 cm³/mol. The quantitative estimate of drug-likeness (QED) is 0.213. The number of carbonyl (C=O) groups excluding carboxylic acids is 1. The topological polar surface area (TPSA) is 26.3 Å². The third-order valence-corrected chi connectivity index (χ3v) is 2.81. The highest BCUT2D eigenvalue weighted by Gasteiger charge is 2.22. The SMILES string of the molecule is CC(CC(=O)OCC[N+](C)(C)C)[N+](C)(C)C.[I-].[I-]. The molecular weight excluding hydrogens is 458 g/mol. The minimum Gasteiger partial charge on any atom is -1.00 e. The molecule has 112 valence electrons. The van der Waals surface area contributed by atoms with Crippen molar-refractivity contribution in [2.24, 2.45) is 0 Å². The molecule has 0 aliphatic heterocycles. The van der Waals surface area contributed by atoms with Gasteiger partial charge < -0.3 is 61.7 Å². The van der Waals surface area contributed by atoms with E-state index in [1.807, 2.05) is 0 Å². The Hall–Kier alpha value is 0.850. The first-order valence-corrected chi connectivity index (χ1v) is 5.79. The van der Waals surface area contributed by atoms with Crippen LogP contribution >= 0.6 is 0 Å². The molecule has 1 unspecified atom stereocenters. The van der Waals surface area contributed by atoms with Gasteiger partial charge in [0.15, 0.2) is 0 Å². The molecule has 18 heavy (non-hydrogen) atoms. The summed E-state index contributed by atoms with van der Waals surface area (Å²) in [6, 6.07) is 0.289. The Balaban J connectivity index is -0.00000112. The normalized spacial score (nSPS) is 13.1. The van der Waals surface area contributed by atoms with Crippen LogP contribution in [-0.2, 0) is 9.53 Å². The standard InChI is InChI=1S/C12H28N2O2.2HI/c1-11(14(5,6)7)10-12(15)16-9-8-13(2,3)4;;/h11H,8-10H2,1-7H3;2*1H/q+2;;/p-2.